The maximum atomic E-state index is 12.4. The molecular formula is C21H15ClN4O3. The Morgan fingerprint density at radius 1 is 1.14 bits per heavy atom. The van der Waals surface area contributed by atoms with E-state index >= 15 is 0 Å². The summed E-state index contributed by atoms with van der Waals surface area (Å²) >= 11 is 6.05. The van der Waals surface area contributed by atoms with Gasteiger partial charge in [-0.15, -0.1) is 0 Å². The Labute approximate surface area is 170 Å². The molecule has 1 amide bonds. The first kappa shape index (κ1) is 18.5. The van der Waals surface area contributed by atoms with Crippen molar-refractivity contribution in [3.05, 3.63) is 82.5 Å². The van der Waals surface area contributed by atoms with Crippen molar-refractivity contribution in [3.8, 4) is 11.4 Å². The highest BCUT2D eigenvalue weighted by molar-refractivity contribution is 6.34. The summed E-state index contributed by atoms with van der Waals surface area (Å²) in [5, 5.41) is 25.0. The van der Waals surface area contributed by atoms with E-state index in [2.05, 4.69) is 17.0 Å². The summed E-state index contributed by atoms with van der Waals surface area (Å²) in [6, 6.07) is 18.3. The molecule has 144 valence electrons. The van der Waals surface area contributed by atoms with Gasteiger partial charge in [0.25, 0.3) is 5.91 Å². The van der Waals surface area contributed by atoms with Crippen LogP contribution in [0.2, 0.25) is 5.02 Å². The average molecular weight is 407 g/mol. The molecule has 4 aromatic rings. The van der Waals surface area contributed by atoms with Gasteiger partial charge in [-0.25, -0.2) is 4.98 Å². The lowest BCUT2D eigenvalue weighted by Crippen LogP contribution is -2.12. The second kappa shape index (κ2) is 7.29. The maximum absolute atomic E-state index is 12.4. The Bertz CT molecular complexity index is 1250. The van der Waals surface area contributed by atoms with Crippen molar-refractivity contribution in [2.75, 3.05) is 5.32 Å². The lowest BCUT2D eigenvalue weighted by molar-refractivity contribution is -0.349. The number of carbonyl (C=O) groups is 1. The van der Waals surface area contributed by atoms with Gasteiger partial charge < -0.3 is 15.7 Å². The quantitative estimate of drug-likeness (QED) is 0.169. The van der Waals surface area contributed by atoms with Gasteiger partial charge in [-0.05, 0) is 42.5 Å². The standard InChI is InChI=1S/C21H15ClN4O3/c1-25(28)15-10-11-18-19(12-15)26(29)20(24-18)13-6-8-14(9-7-13)23-21(27)16-4-2-3-5-17(16)22/h2-12,29H,1H2,(H,23,27). The predicted octanol–water partition coefficient (Wildman–Crippen LogP) is 4.69. The van der Waals surface area contributed by atoms with Gasteiger partial charge in [-0.1, -0.05) is 23.7 Å². The summed E-state index contributed by atoms with van der Waals surface area (Å²) in [4.78, 5) is 16.8. The molecule has 0 aliphatic heterocycles. The number of imidazole rings is 1. The third kappa shape index (κ3) is 3.51. The van der Waals surface area contributed by atoms with E-state index in [0.29, 0.717) is 49.1 Å². The van der Waals surface area contributed by atoms with Gasteiger partial charge in [0.05, 0.1) is 16.1 Å². The van der Waals surface area contributed by atoms with Crippen molar-refractivity contribution in [2.45, 2.75) is 0 Å². The SMILES string of the molecule is C=[N+]([O-])c1ccc2nc(-c3ccc(NC(=O)c4ccccc4Cl)cc3)n(O)c2c1. The number of halogens is 1. The smallest absolute Gasteiger partial charge is 0.257 e. The fourth-order valence-corrected chi connectivity index (χ4v) is 3.16. The van der Waals surface area contributed by atoms with E-state index in [1.807, 2.05) is 0 Å². The molecule has 4 rings (SSSR count). The zero-order valence-electron chi connectivity index (χ0n) is 15.0. The van der Waals surface area contributed by atoms with Crippen LogP contribution in [-0.2, 0) is 0 Å². The monoisotopic (exact) mass is 406 g/mol. The highest BCUT2D eigenvalue weighted by atomic mass is 35.5. The van der Waals surface area contributed by atoms with Gasteiger partial charge in [-0.2, -0.15) is 9.47 Å². The number of nitrogens with one attached hydrogen (secondary N) is 1. The van der Waals surface area contributed by atoms with E-state index in [-0.39, 0.29) is 5.91 Å². The fraction of sp³-hybridized carbons (Fsp3) is 0. The lowest BCUT2D eigenvalue weighted by atomic mass is 10.1. The van der Waals surface area contributed by atoms with E-state index in [1.54, 1.807) is 60.7 Å². The van der Waals surface area contributed by atoms with Crippen molar-refractivity contribution in [3.63, 3.8) is 0 Å². The van der Waals surface area contributed by atoms with Gasteiger partial charge in [0, 0.05) is 23.4 Å². The lowest BCUT2D eigenvalue weighted by Gasteiger charge is -2.07. The van der Waals surface area contributed by atoms with Gasteiger partial charge in [0.15, 0.2) is 5.82 Å². The summed E-state index contributed by atoms with van der Waals surface area (Å²) in [7, 11) is 0. The highest BCUT2D eigenvalue weighted by Gasteiger charge is 2.15. The number of hydrogen-bond donors (Lipinski definition) is 2. The molecule has 0 atom stereocenters. The van der Waals surface area contributed by atoms with Crippen molar-refractivity contribution in [2.24, 2.45) is 0 Å². The minimum atomic E-state index is -0.319. The third-order valence-electron chi connectivity index (χ3n) is 4.42. The summed E-state index contributed by atoms with van der Waals surface area (Å²) < 4.78 is 1.38. The first-order chi connectivity index (χ1) is 13.9. The zero-order valence-corrected chi connectivity index (χ0v) is 15.8. The molecule has 0 spiro atoms. The van der Waals surface area contributed by atoms with Gasteiger partial charge in [0.1, 0.15) is 12.2 Å². The Hall–Kier alpha value is -3.84. The van der Waals surface area contributed by atoms with E-state index in [0.717, 1.165) is 4.73 Å². The van der Waals surface area contributed by atoms with Crippen LogP contribution in [0.5, 0.6) is 0 Å². The van der Waals surface area contributed by atoms with Crippen molar-refractivity contribution >= 4 is 46.6 Å². The van der Waals surface area contributed by atoms with Gasteiger partial charge in [0.2, 0.25) is 5.69 Å². The Morgan fingerprint density at radius 2 is 1.86 bits per heavy atom. The number of aromatic nitrogens is 2. The molecule has 0 radical (unpaired) electrons. The number of anilines is 1. The first-order valence-corrected chi connectivity index (χ1v) is 8.97. The maximum Gasteiger partial charge on any atom is 0.257 e. The summed E-state index contributed by atoms with van der Waals surface area (Å²) in [5.74, 6) is -0.0109. The molecule has 1 heterocycles. The number of amides is 1. The van der Waals surface area contributed by atoms with E-state index < -0.39 is 0 Å². The molecule has 8 heteroatoms. The Balaban J connectivity index is 1.61. The van der Waals surface area contributed by atoms with Crippen LogP contribution >= 0.6 is 11.6 Å². The molecular weight excluding hydrogens is 392 g/mol. The summed E-state index contributed by atoms with van der Waals surface area (Å²) in [6.45, 7) is 3.29. The molecule has 0 bridgehead atoms. The largest absolute Gasteiger partial charge is 0.619 e. The first-order valence-electron chi connectivity index (χ1n) is 8.60. The van der Waals surface area contributed by atoms with E-state index in [1.165, 1.54) is 6.07 Å². The molecule has 2 N–H and O–H groups in total. The van der Waals surface area contributed by atoms with E-state index in [4.69, 9.17) is 11.6 Å². The molecule has 0 saturated carbocycles. The minimum Gasteiger partial charge on any atom is -0.619 e. The fourth-order valence-electron chi connectivity index (χ4n) is 2.94. The Kier molecular flexibility index (Phi) is 4.66. The van der Waals surface area contributed by atoms with Crippen LogP contribution in [0.4, 0.5) is 11.4 Å². The molecule has 7 nitrogen and oxygen atoms in total. The van der Waals surface area contributed by atoms with Crippen LogP contribution in [0.15, 0.2) is 66.7 Å². The van der Waals surface area contributed by atoms with Crippen LogP contribution in [0.3, 0.4) is 0 Å². The zero-order chi connectivity index (χ0) is 20.5. The third-order valence-corrected chi connectivity index (χ3v) is 4.75. The molecule has 0 saturated heterocycles. The van der Waals surface area contributed by atoms with E-state index in [9.17, 15) is 15.2 Å². The van der Waals surface area contributed by atoms with Crippen LogP contribution < -0.4 is 5.32 Å². The molecule has 0 unspecified atom stereocenters. The summed E-state index contributed by atoms with van der Waals surface area (Å²) in [6.07, 6.45) is 0. The van der Waals surface area contributed by atoms with Crippen LogP contribution in [0.1, 0.15) is 10.4 Å². The Morgan fingerprint density at radius 3 is 2.55 bits per heavy atom. The van der Waals surface area contributed by atoms with Gasteiger partial charge in [-0.3, -0.25) is 4.79 Å². The highest BCUT2D eigenvalue weighted by Crippen LogP contribution is 2.27. The van der Waals surface area contributed by atoms with Crippen molar-refractivity contribution < 1.29 is 14.7 Å². The molecule has 29 heavy (non-hydrogen) atoms. The molecule has 0 aliphatic carbocycles. The molecule has 3 aromatic carbocycles. The number of benzene rings is 3. The van der Waals surface area contributed by atoms with Crippen molar-refractivity contribution in [1.82, 2.24) is 9.71 Å². The number of nitrogens with zero attached hydrogens (tertiary/aromatic N) is 3. The van der Waals surface area contributed by atoms with Gasteiger partial charge >= 0.3 is 0 Å². The average Bonchev–Trinajstić information content (AvgIpc) is 3.05. The second-order valence-corrected chi connectivity index (χ2v) is 6.72. The van der Waals surface area contributed by atoms with Crippen LogP contribution in [-0.4, -0.2) is 32.3 Å². The molecule has 0 aliphatic rings. The second-order valence-electron chi connectivity index (χ2n) is 6.31. The topological polar surface area (TPSA) is 93.2 Å². The number of fused-ring (bicyclic) bond motifs is 1. The molecule has 1 aromatic heterocycles. The minimum absolute atomic E-state index is 0.303. The van der Waals surface area contributed by atoms with Crippen LogP contribution in [0, 0.1) is 5.21 Å². The number of rotatable bonds is 4. The normalized spacial score (nSPS) is 10.8. The number of hydrogen-bond acceptors (Lipinski definition) is 4. The summed E-state index contributed by atoms with van der Waals surface area (Å²) in [5.41, 5.74) is 2.80. The molecule has 0 fully saturated rings. The predicted molar refractivity (Wildman–Crippen MR) is 112 cm³/mol. The van der Waals surface area contributed by atoms with Crippen LogP contribution in [0.25, 0.3) is 22.4 Å². The van der Waals surface area contributed by atoms with Crippen molar-refractivity contribution in [1.29, 1.82) is 0 Å². The number of carbonyl (C=O) groups excluding carboxylic acids is 1.